The van der Waals surface area contributed by atoms with Crippen LogP contribution in [0, 0.1) is 5.41 Å². The highest BCUT2D eigenvalue weighted by Crippen LogP contribution is 2.42. The molecule has 1 aliphatic rings. The van der Waals surface area contributed by atoms with Gasteiger partial charge in [-0.05, 0) is 107 Å². The van der Waals surface area contributed by atoms with Gasteiger partial charge in [-0.25, -0.2) is 4.79 Å². The zero-order valence-corrected chi connectivity index (χ0v) is 33.2. The van der Waals surface area contributed by atoms with E-state index in [-0.39, 0.29) is 53.7 Å². The molecule has 2 aromatic carbocycles. The molecule has 2 aromatic rings. The molecule has 0 spiro atoms. The third-order valence-corrected chi connectivity index (χ3v) is 9.00. The number of benzene rings is 2. The predicted octanol–water partition coefficient (Wildman–Crippen LogP) is 9.93. The molecule has 50 heavy (non-hydrogen) atoms. The number of nitrogens with zero attached hydrogens (tertiary/aromatic N) is 2. The number of likely N-dealkylation sites (tertiary alicyclic amines) is 1. The van der Waals surface area contributed by atoms with Crippen LogP contribution in [0.1, 0.15) is 129 Å². The molecule has 3 rings (SSSR count). The van der Waals surface area contributed by atoms with E-state index in [1.807, 2.05) is 51.7 Å². The first-order valence-electron chi connectivity index (χ1n) is 17.5. The Hall–Kier alpha value is -3.36. The number of hydrogen-bond acceptors (Lipinski definition) is 5. The van der Waals surface area contributed by atoms with Crippen LogP contribution in [0.15, 0.2) is 49.0 Å². The number of nitrogens with one attached hydrogen (secondary N) is 1. The van der Waals surface area contributed by atoms with Crippen molar-refractivity contribution < 1.29 is 23.9 Å². The molecule has 3 amide bonds. The number of rotatable bonds is 11. The van der Waals surface area contributed by atoms with Gasteiger partial charge < -0.3 is 19.9 Å². The molecule has 276 valence electrons. The molecule has 1 atom stereocenters. The monoisotopic (exact) mass is 729 g/mol. The van der Waals surface area contributed by atoms with E-state index in [0.717, 1.165) is 12.0 Å². The van der Waals surface area contributed by atoms with Crippen LogP contribution in [0.4, 0.5) is 4.79 Å². The van der Waals surface area contributed by atoms with Gasteiger partial charge >= 0.3 is 6.09 Å². The van der Waals surface area contributed by atoms with E-state index in [9.17, 15) is 19.2 Å². The summed E-state index contributed by atoms with van der Waals surface area (Å²) in [5.41, 5.74) is 0.825. The zero-order valence-electron chi connectivity index (χ0n) is 31.7. The minimum absolute atomic E-state index is 0.00385. The van der Waals surface area contributed by atoms with Gasteiger partial charge in [-0.15, -0.1) is 0 Å². The largest absolute Gasteiger partial charge is 0.444 e. The van der Waals surface area contributed by atoms with Crippen molar-refractivity contribution in [3.8, 4) is 0 Å². The molecule has 1 fully saturated rings. The van der Waals surface area contributed by atoms with Crippen molar-refractivity contribution in [2.24, 2.45) is 5.41 Å². The van der Waals surface area contributed by atoms with Crippen LogP contribution in [0.2, 0.25) is 10.0 Å². The first-order valence-corrected chi connectivity index (χ1v) is 18.3. The van der Waals surface area contributed by atoms with E-state index in [1.54, 1.807) is 35.2 Å². The maximum atomic E-state index is 14.8. The van der Waals surface area contributed by atoms with Gasteiger partial charge in [0.2, 0.25) is 0 Å². The summed E-state index contributed by atoms with van der Waals surface area (Å²) in [5.74, 6) is -0.523. The molecule has 1 unspecified atom stereocenters. The van der Waals surface area contributed by atoms with E-state index in [2.05, 4.69) is 39.6 Å². The highest BCUT2D eigenvalue weighted by Gasteiger charge is 2.44. The van der Waals surface area contributed by atoms with Gasteiger partial charge in [0.15, 0.2) is 0 Å². The molecule has 0 saturated carbocycles. The Kier molecular flexibility index (Phi) is 15.6. The van der Waals surface area contributed by atoms with Crippen LogP contribution in [0.5, 0.6) is 0 Å². The van der Waals surface area contributed by atoms with E-state index in [0.29, 0.717) is 53.5 Å². The Morgan fingerprint density at radius 3 is 1.96 bits per heavy atom. The number of halogens is 2. The van der Waals surface area contributed by atoms with E-state index in [4.69, 9.17) is 27.9 Å². The summed E-state index contributed by atoms with van der Waals surface area (Å²) in [5, 5.41) is 3.59. The molecule has 0 aromatic heterocycles. The van der Waals surface area contributed by atoms with Crippen LogP contribution in [0.3, 0.4) is 0 Å². The average molecular weight is 731 g/mol. The van der Waals surface area contributed by atoms with Crippen molar-refractivity contribution in [3.63, 3.8) is 0 Å². The summed E-state index contributed by atoms with van der Waals surface area (Å²) in [6, 6.07) is 11.9. The molecule has 8 nitrogen and oxygen atoms in total. The quantitative estimate of drug-likeness (QED) is 0.232. The molecule has 0 bridgehead atoms. The van der Waals surface area contributed by atoms with Gasteiger partial charge in [0, 0.05) is 52.8 Å². The van der Waals surface area contributed by atoms with Crippen LogP contribution in [0.25, 0.3) is 5.57 Å². The second-order valence-electron chi connectivity index (χ2n) is 15.2. The lowest BCUT2D eigenvalue weighted by atomic mass is 9.81. The van der Waals surface area contributed by atoms with E-state index >= 15 is 0 Å². The first kappa shape index (κ1) is 42.8. The van der Waals surface area contributed by atoms with Crippen LogP contribution < -0.4 is 5.32 Å². The number of piperidine rings is 1. The number of carbonyl (C=O) groups excluding carboxylic acids is 4. The van der Waals surface area contributed by atoms with Gasteiger partial charge in [-0.3, -0.25) is 14.4 Å². The summed E-state index contributed by atoms with van der Waals surface area (Å²) in [7, 11) is 0. The fraction of sp³-hybridized carbons (Fsp3) is 0.550. The molecule has 0 aliphatic carbocycles. The normalized spacial score (nSPS) is 14.8. The Morgan fingerprint density at radius 2 is 1.48 bits per heavy atom. The molecule has 1 N–H and O–H groups in total. The van der Waals surface area contributed by atoms with Crippen molar-refractivity contribution >= 4 is 52.5 Å². The number of hydrogen-bond donors (Lipinski definition) is 1. The second-order valence-corrected chi connectivity index (χ2v) is 16.1. The number of carbonyl (C=O) groups is 4. The molecular formula is C40H57Cl2N3O5. The molecule has 1 saturated heterocycles. The standard InChI is InChI=1S/C38H51Cl2N3O5.C2H6/c1-25(44)15-19-41-33(45)28-12-10-27(11-13-28)32(14-16-36(3,4)5)43(34(46)26(2)29-22-30(39)24-31(40)23-29)38(9)17-20-42(21-18-38)35(47)48-37(6,7)8;1-2/h10-13,22-24,32H,2,14-21H2,1,3-9H3,(H,41,45);1-2H3. The number of ether oxygens (including phenoxy) is 1. The average Bonchev–Trinajstić information content (AvgIpc) is 3.01. The molecular weight excluding hydrogens is 673 g/mol. The lowest BCUT2D eigenvalue weighted by Gasteiger charge is -2.50. The summed E-state index contributed by atoms with van der Waals surface area (Å²) in [6.07, 6.45) is 2.39. The Labute approximate surface area is 309 Å². The Balaban J connectivity index is 0.00000425. The van der Waals surface area contributed by atoms with Crippen LogP contribution in [-0.2, 0) is 14.3 Å². The first-order chi connectivity index (χ1) is 23.2. The van der Waals surface area contributed by atoms with E-state index in [1.165, 1.54) is 6.92 Å². The highest BCUT2D eigenvalue weighted by molar-refractivity contribution is 6.35. The summed E-state index contributed by atoms with van der Waals surface area (Å²) < 4.78 is 5.65. The smallest absolute Gasteiger partial charge is 0.410 e. The van der Waals surface area contributed by atoms with Crippen LogP contribution in [-0.4, -0.2) is 64.3 Å². The van der Waals surface area contributed by atoms with Gasteiger partial charge in [-0.2, -0.15) is 0 Å². The third kappa shape index (κ3) is 12.8. The number of ketones is 1. The van der Waals surface area contributed by atoms with Crippen LogP contribution >= 0.6 is 23.2 Å². The SMILES string of the molecule is C=C(C(=O)N(C(CCC(C)(C)C)c1ccc(C(=O)NCCC(C)=O)cc1)C1(C)CCN(C(=O)OC(C)(C)C)CC1)c1cc(Cl)cc(Cl)c1.CC. The van der Waals surface area contributed by atoms with Gasteiger partial charge in [0.25, 0.3) is 11.8 Å². The van der Waals surface area contributed by atoms with Gasteiger partial charge in [0.05, 0.1) is 6.04 Å². The summed E-state index contributed by atoms with van der Waals surface area (Å²) in [4.78, 5) is 55.6. The molecule has 10 heteroatoms. The second kappa shape index (κ2) is 18.2. The van der Waals surface area contributed by atoms with Gasteiger partial charge in [-0.1, -0.05) is 76.5 Å². The lowest BCUT2D eigenvalue weighted by molar-refractivity contribution is -0.137. The Morgan fingerprint density at radius 1 is 0.940 bits per heavy atom. The molecule has 0 radical (unpaired) electrons. The maximum Gasteiger partial charge on any atom is 0.410 e. The van der Waals surface area contributed by atoms with Crippen molar-refractivity contribution in [3.05, 3.63) is 75.8 Å². The zero-order chi connectivity index (χ0) is 38.0. The number of amides is 3. The van der Waals surface area contributed by atoms with Crippen molar-refractivity contribution in [2.45, 2.75) is 119 Å². The maximum absolute atomic E-state index is 14.8. The third-order valence-electron chi connectivity index (χ3n) is 8.56. The predicted molar refractivity (Wildman–Crippen MR) is 205 cm³/mol. The van der Waals surface area contributed by atoms with Crippen molar-refractivity contribution in [1.29, 1.82) is 0 Å². The highest BCUT2D eigenvalue weighted by atomic mass is 35.5. The van der Waals surface area contributed by atoms with Gasteiger partial charge in [0.1, 0.15) is 11.4 Å². The van der Waals surface area contributed by atoms with Crippen molar-refractivity contribution in [2.75, 3.05) is 19.6 Å². The fourth-order valence-electron chi connectivity index (χ4n) is 5.82. The molecule has 1 heterocycles. The Bertz CT molecular complexity index is 1480. The summed E-state index contributed by atoms with van der Waals surface area (Å²) >= 11 is 12.7. The number of Topliss-reactive ketones (excluding diaryl/α,β-unsaturated/α-hetero) is 1. The lowest BCUT2D eigenvalue weighted by Crippen LogP contribution is -2.58. The van der Waals surface area contributed by atoms with Crippen molar-refractivity contribution in [1.82, 2.24) is 15.1 Å². The fourth-order valence-corrected chi connectivity index (χ4v) is 6.35. The molecule has 1 aliphatic heterocycles. The summed E-state index contributed by atoms with van der Waals surface area (Å²) in [6.45, 7) is 24.9. The minimum atomic E-state index is -0.661. The minimum Gasteiger partial charge on any atom is -0.444 e. The van der Waals surface area contributed by atoms with E-state index < -0.39 is 11.1 Å². The topological polar surface area (TPSA) is 96.0 Å².